The monoisotopic (exact) mass is 457 g/mol. The van der Waals surface area contributed by atoms with E-state index >= 15 is 0 Å². The summed E-state index contributed by atoms with van der Waals surface area (Å²) in [4.78, 5) is 46.7. The first kappa shape index (κ1) is 21.3. The van der Waals surface area contributed by atoms with E-state index in [1.165, 1.54) is 12.4 Å². The number of amides is 1. The number of likely N-dealkylation sites (N-methyl/N-ethyl adjacent to an activating group) is 1. The lowest BCUT2D eigenvalue weighted by Gasteiger charge is -2.29. The summed E-state index contributed by atoms with van der Waals surface area (Å²) in [6.45, 7) is 6.86. The SMILES string of the molecule is CCN(CC)CCN1C(=O)C(=O)C(C(=O)c2ccncc2)C1c1cccc(Br)c1. The average molecular weight is 458 g/mol. The zero-order valence-electron chi connectivity index (χ0n) is 16.5. The molecular formula is C22H24BrN3O3. The van der Waals surface area contributed by atoms with Crippen molar-refractivity contribution in [1.29, 1.82) is 0 Å². The van der Waals surface area contributed by atoms with Gasteiger partial charge in [-0.25, -0.2) is 0 Å². The van der Waals surface area contributed by atoms with Crippen molar-refractivity contribution in [2.24, 2.45) is 5.92 Å². The molecule has 1 aromatic heterocycles. The van der Waals surface area contributed by atoms with Gasteiger partial charge in [0.25, 0.3) is 5.91 Å². The lowest BCUT2D eigenvalue weighted by atomic mass is 9.86. The maximum atomic E-state index is 13.2. The van der Waals surface area contributed by atoms with Crippen LogP contribution in [0.4, 0.5) is 0 Å². The van der Waals surface area contributed by atoms with Crippen molar-refractivity contribution in [2.75, 3.05) is 26.2 Å². The Kier molecular flexibility index (Phi) is 6.92. The summed E-state index contributed by atoms with van der Waals surface area (Å²) in [5.74, 6) is -2.64. The van der Waals surface area contributed by atoms with E-state index in [0.717, 1.165) is 23.1 Å². The maximum Gasteiger partial charge on any atom is 0.291 e. The molecule has 2 aromatic rings. The van der Waals surface area contributed by atoms with Gasteiger partial charge in [-0.3, -0.25) is 19.4 Å². The largest absolute Gasteiger partial charge is 0.327 e. The number of hydrogen-bond donors (Lipinski definition) is 0. The summed E-state index contributed by atoms with van der Waals surface area (Å²) >= 11 is 3.46. The second kappa shape index (κ2) is 9.41. The fraction of sp³-hybridized carbons (Fsp3) is 0.364. The van der Waals surface area contributed by atoms with Crippen molar-refractivity contribution in [2.45, 2.75) is 19.9 Å². The van der Waals surface area contributed by atoms with Crippen molar-refractivity contribution in [3.8, 4) is 0 Å². The van der Waals surface area contributed by atoms with Crippen LogP contribution < -0.4 is 0 Å². The number of rotatable bonds is 8. The molecule has 29 heavy (non-hydrogen) atoms. The summed E-state index contributed by atoms with van der Waals surface area (Å²) in [6, 6.07) is 9.99. The van der Waals surface area contributed by atoms with Gasteiger partial charge in [0.1, 0.15) is 5.92 Å². The number of nitrogens with zero attached hydrogens (tertiary/aromatic N) is 3. The van der Waals surface area contributed by atoms with E-state index in [1.54, 1.807) is 17.0 Å². The number of carbonyl (C=O) groups is 3. The van der Waals surface area contributed by atoms with Crippen molar-refractivity contribution >= 4 is 33.4 Å². The molecule has 3 rings (SSSR count). The van der Waals surface area contributed by atoms with E-state index in [4.69, 9.17) is 0 Å². The van der Waals surface area contributed by atoms with Crippen LogP contribution in [0.3, 0.4) is 0 Å². The maximum absolute atomic E-state index is 13.2. The number of aromatic nitrogens is 1. The van der Waals surface area contributed by atoms with E-state index in [0.29, 0.717) is 18.7 Å². The number of hydrogen-bond acceptors (Lipinski definition) is 5. The molecule has 0 saturated carbocycles. The van der Waals surface area contributed by atoms with E-state index in [2.05, 4.69) is 39.7 Å². The first-order valence-electron chi connectivity index (χ1n) is 9.74. The number of halogens is 1. The number of Topliss-reactive ketones (excluding diaryl/α,β-unsaturated/α-hetero) is 2. The quantitative estimate of drug-likeness (QED) is 0.346. The van der Waals surface area contributed by atoms with Crippen molar-refractivity contribution in [3.05, 3.63) is 64.4 Å². The van der Waals surface area contributed by atoms with Crippen LogP contribution in [0.5, 0.6) is 0 Å². The van der Waals surface area contributed by atoms with Crippen molar-refractivity contribution in [1.82, 2.24) is 14.8 Å². The number of ketones is 2. The molecule has 0 spiro atoms. The van der Waals surface area contributed by atoms with Crippen molar-refractivity contribution < 1.29 is 14.4 Å². The minimum Gasteiger partial charge on any atom is -0.327 e. The van der Waals surface area contributed by atoms with Crippen LogP contribution in [0.2, 0.25) is 0 Å². The highest BCUT2D eigenvalue weighted by Gasteiger charge is 2.51. The molecule has 1 aromatic carbocycles. The molecule has 1 fully saturated rings. The van der Waals surface area contributed by atoms with Crippen molar-refractivity contribution in [3.63, 3.8) is 0 Å². The highest BCUT2D eigenvalue weighted by Crippen LogP contribution is 2.38. The fourth-order valence-corrected chi connectivity index (χ4v) is 4.19. The Morgan fingerprint density at radius 2 is 1.83 bits per heavy atom. The molecule has 1 aliphatic heterocycles. The Hall–Kier alpha value is -2.38. The van der Waals surface area contributed by atoms with Crippen LogP contribution in [0, 0.1) is 5.92 Å². The molecule has 7 heteroatoms. The third-order valence-corrected chi connectivity index (χ3v) is 5.89. The fourth-order valence-electron chi connectivity index (χ4n) is 3.77. The second-order valence-electron chi connectivity index (χ2n) is 6.97. The van der Waals surface area contributed by atoms with Gasteiger partial charge in [-0.15, -0.1) is 0 Å². The third-order valence-electron chi connectivity index (χ3n) is 5.39. The molecule has 0 N–H and O–H groups in total. The van der Waals surface area contributed by atoms with E-state index in [1.807, 2.05) is 24.3 Å². The molecular weight excluding hydrogens is 434 g/mol. The number of benzene rings is 1. The highest BCUT2D eigenvalue weighted by molar-refractivity contribution is 9.10. The number of likely N-dealkylation sites (tertiary alicyclic amines) is 1. The molecule has 1 aliphatic rings. The van der Waals surface area contributed by atoms with E-state index in [9.17, 15) is 14.4 Å². The molecule has 0 radical (unpaired) electrons. The first-order chi connectivity index (χ1) is 14.0. The molecule has 0 aliphatic carbocycles. The van der Waals surface area contributed by atoms with Gasteiger partial charge in [0.15, 0.2) is 5.78 Å². The smallest absolute Gasteiger partial charge is 0.291 e. The molecule has 2 heterocycles. The summed E-state index contributed by atoms with van der Waals surface area (Å²) in [5.41, 5.74) is 1.15. The van der Waals surface area contributed by atoms with Gasteiger partial charge in [-0.1, -0.05) is 41.9 Å². The van der Waals surface area contributed by atoms with Gasteiger partial charge in [0, 0.05) is 35.5 Å². The lowest BCUT2D eigenvalue weighted by Crippen LogP contribution is -2.38. The Bertz CT molecular complexity index is 899. The Labute approximate surface area is 179 Å². The van der Waals surface area contributed by atoms with Crippen LogP contribution in [0.25, 0.3) is 0 Å². The second-order valence-corrected chi connectivity index (χ2v) is 7.88. The summed E-state index contributed by atoms with van der Waals surface area (Å²) < 4.78 is 0.834. The van der Waals surface area contributed by atoms with Crippen LogP contribution in [0.15, 0.2) is 53.3 Å². The van der Waals surface area contributed by atoms with Crippen LogP contribution in [-0.4, -0.2) is 58.4 Å². The minimum absolute atomic E-state index is 0.346. The standard InChI is InChI=1S/C22H24BrN3O3/c1-3-25(4-2)12-13-26-19(16-6-5-7-17(23)14-16)18(21(28)22(26)29)20(27)15-8-10-24-11-9-15/h5-11,14,18-19H,3-4,12-13H2,1-2H3. The normalized spacial score (nSPS) is 19.2. The van der Waals surface area contributed by atoms with E-state index in [-0.39, 0.29) is 5.78 Å². The molecule has 1 amide bonds. The Balaban J connectivity index is 2.00. The van der Waals surface area contributed by atoms with Crippen LogP contribution in [-0.2, 0) is 9.59 Å². The van der Waals surface area contributed by atoms with Gasteiger partial charge < -0.3 is 9.80 Å². The highest BCUT2D eigenvalue weighted by atomic mass is 79.9. The zero-order chi connectivity index (χ0) is 21.0. The molecule has 2 unspecified atom stereocenters. The predicted molar refractivity (Wildman–Crippen MR) is 113 cm³/mol. The number of carbonyl (C=O) groups excluding carboxylic acids is 3. The minimum atomic E-state index is -1.06. The van der Waals surface area contributed by atoms with E-state index < -0.39 is 23.7 Å². The summed E-state index contributed by atoms with van der Waals surface area (Å²) in [6.07, 6.45) is 3.03. The lowest BCUT2D eigenvalue weighted by molar-refractivity contribution is -0.140. The molecule has 152 valence electrons. The molecule has 2 atom stereocenters. The predicted octanol–water partition coefficient (Wildman–Crippen LogP) is 3.14. The first-order valence-corrected chi connectivity index (χ1v) is 10.5. The summed E-state index contributed by atoms with van der Waals surface area (Å²) in [5, 5.41) is 0. The number of pyridine rings is 1. The van der Waals surface area contributed by atoms with Gasteiger partial charge in [-0.05, 0) is 42.9 Å². The third kappa shape index (κ3) is 4.46. The average Bonchev–Trinajstić information content (AvgIpc) is 2.99. The topological polar surface area (TPSA) is 70.6 Å². The van der Waals surface area contributed by atoms with Gasteiger partial charge in [0.2, 0.25) is 5.78 Å². The Morgan fingerprint density at radius 1 is 1.14 bits per heavy atom. The Morgan fingerprint density at radius 3 is 2.45 bits per heavy atom. The van der Waals surface area contributed by atoms with Gasteiger partial charge >= 0.3 is 0 Å². The van der Waals surface area contributed by atoms with Gasteiger partial charge in [0.05, 0.1) is 6.04 Å². The molecule has 1 saturated heterocycles. The van der Waals surface area contributed by atoms with Crippen LogP contribution in [0.1, 0.15) is 35.8 Å². The van der Waals surface area contributed by atoms with Gasteiger partial charge in [-0.2, -0.15) is 0 Å². The molecule has 0 bridgehead atoms. The molecule has 6 nitrogen and oxygen atoms in total. The summed E-state index contributed by atoms with van der Waals surface area (Å²) in [7, 11) is 0. The zero-order valence-corrected chi connectivity index (χ0v) is 18.1. The van der Waals surface area contributed by atoms with Crippen LogP contribution >= 0.6 is 15.9 Å².